The van der Waals surface area contributed by atoms with E-state index in [1.54, 1.807) is 18.2 Å². The van der Waals surface area contributed by atoms with Gasteiger partial charge in [-0.25, -0.2) is 9.59 Å². The lowest BCUT2D eigenvalue weighted by Crippen LogP contribution is -2.37. The molecule has 0 N–H and O–H groups in total. The highest BCUT2D eigenvalue weighted by Gasteiger charge is 2.55. The number of fused-ring (bicyclic) bond motifs is 2. The molecule has 0 bridgehead atoms. The van der Waals surface area contributed by atoms with Gasteiger partial charge >= 0.3 is 23.9 Å². The molecule has 5 rings (SSSR count). The molecule has 0 fully saturated rings. The quantitative estimate of drug-likeness (QED) is 0.0551. The van der Waals surface area contributed by atoms with E-state index in [1.165, 1.54) is 0 Å². The van der Waals surface area contributed by atoms with E-state index in [0.29, 0.717) is 33.8 Å². The zero-order valence-corrected chi connectivity index (χ0v) is 38.9. The molecule has 0 radical (unpaired) electrons. The Labute approximate surface area is 368 Å². The molecule has 3 aromatic carbocycles. The molecule has 0 spiro atoms. The highest BCUT2D eigenvalue weighted by molar-refractivity contribution is 6.00. The van der Waals surface area contributed by atoms with Crippen LogP contribution in [0.3, 0.4) is 0 Å². The fourth-order valence-electron chi connectivity index (χ4n) is 8.25. The average Bonchev–Trinajstić information content (AvgIpc) is 3.62. The van der Waals surface area contributed by atoms with Gasteiger partial charge in [-0.05, 0) is 43.9 Å². The van der Waals surface area contributed by atoms with E-state index in [-0.39, 0.29) is 58.9 Å². The van der Waals surface area contributed by atoms with Gasteiger partial charge in [-0.15, -0.1) is 0 Å². The summed E-state index contributed by atoms with van der Waals surface area (Å²) in [5.74, 6) is -1.65. The lowest BCUT2D eigenvalue weighted by Gasteiger charge is -2.31. The van der Waals surface area contributed by atoms with Gasteiger partial charge in [-0.1, -0.05) is 182 Å². The number of rotatable bonds is 13. The Balaban J connectivity index is 1.37. The number of allylic oxidation sites excluding steroid dienone is 3. The number of esters is 4. The van der Waals surface area contributed by atoms with Crippen LogP contribution < -0.4 is 9.47 Å². The Morgan fingerprint density at radius 2 is 1.08 bits per heavy atom. The van der Waals surface area contributed by atoms with E-state index in [4.69, 9.17) is 18.9 Å². The van der Waals surface area contributed by atoms with Crippen molar-refractivity contribution in [2.24, 2.45) is 0 Å². The van der Waals surface area contributed by atoms with Crippen molar-refractivity contribution in [3.05, 3.63) is 155 Å². The number of carbonyl (C=O) groups excluding carboxylic acids is 4. The molecule has 2 aliphatic rings. The lowest BCUT2D eigenvalue weighted by atomic mass is 9.68. The topological polar surface area (TPSA) is 105 Å². The highest BCUT2D eigenvalue weighted by atomic mass is 16.6. The Bertz CT molecular complexity index is 2380. The summed E-state index contributed by atoms with van der Waals surface area (Å²) in [4.78, 5) is 55.8. The largest absolute Gasteiger partial charge is 0.459 e. The average molecular weight is 841 g/mol. The van der Waals surface area contributed by atoms with Crippen molar-refractivity contribution < 1.29 is 38.1 Å². The van der Waals surface area contributed by atoms with Crippen LogP contribution >= 0.6 is 0 Å². The minimum atomic E-state index is -1.47. The number of hydrogen-bond acceptors (Lipinski definition) is 8. The predicted molar refractivity (Wildman–Crippen MR) is 246 cm³/mol. The first-order valence-corrected chi connectivity index (χ1v) is 21.2. The molecule has 3 aromatic rings. The van der Waals surface area contributed by atoms with E-state index in [1.807, 2.05) is 42.5 Å². The molecule has 2 aliphatic heterocycles. The third kappa shape index (κ3) is 8.79. The van der Waals surface area contributed by atoms with E-state index < -0.39 is 34.7 Å². The maximum Gasteiger partial charge on any atom is 0.333 e. The first-order chi connectivity index (χ1) is 28.6. The maximum atomic E-state index is 14.3. The smallest absolute Gasteiger partial charge is 0.333 e. The third-order valence-electron chi connectivity index (χ3n) is 11.9. The zero-order chi connectivity index (χ0) is 46.4. The summed E-state index contributed by atoms with van der Waals surface area (Å²) in [5, 5.41) is 0. The molecule has 2 unspecified atom stereocenters. The summed E-state index contributed by atoms with van der Waals surface area (Å²) < 4.78 is 23.4. The third-order valence-corrected chi connectivity index (χ3v) is 11.9. The molecule has 0 saturated heterocycles. The second-order valence-corrected chi connectivity index (χ2v) is 20.7. The monoisotopic (exact) mass is 840 g/mol. The van der Waals surface area contributed by atoms with Crippen LogP contribution in [-0.2, 0) is 61.1 Å². The zero-order valence-electron chi connectivity index (χ0n) is 38.9. The second-order valence-electron chi connectivity index (χ2n) is 20.7. The Morgan fingerprint density at radius 1 is 0.629 bits per heavy atom. The van der Waals surface area contributed by atoms with Crippen LogP contribution in [0.5, 0.6) is 11.5 Å². The van der Waals surface area contributed by atoms with Crippen molar-refractivity contribution in [2.75, 3.05) is 13.2 Å². The normalized spacial score (nSPS) is 18.9. The van der Waals surface area contributed by atoms with Gasteiger partial charge in [0.2, 0.25) is 0 Å². The van der Waals surface area contributed by atoms with Crippen molar-refractivity contribution in [3.8, 4) is 11.5 Å². The van der Waals surface area contributed by atoms with Crippen LogP contribution in [0, 0.1) is 0 Å². The SMILES string of the molecule is C=C/C=C(\C=C)C1(CC(=C)C(=O)OCCOC(=O)C(=C)CC2(c3ccccc3)C(=O)Oc3c(C(C)(C)C)cc(C(C)(C)C)cc32)C(=O)Oc2c(C(C)(C)C)cc(C(C)(C)C)cc21. The van der Waals surface area contributed by atoms with E-state index >= 15 is 0 Å². The summed E-state index contributed by atoms with van der Waals surface area (Å²) in [5.41, 5.74) is 2.16. The van der Waals surface area contributed by atoms with Gasteiger partial charge in [0.05, 0.1) is 0 Å². The molecule has 0 saturated carbocycles. The van der Waals surface area contributed by atoms with E-state index in [0.717, 1.165) is 22.3 Å². The summed E-state index contributed by atoms with van der Waals surface area (Å²) in [6, 6.07) is 17.4. The molecule has 328 valence electrons. The van der Waals surface area contributed by atoms with Gasteiger partial charge in [-0.3, -0.25) is 9.59 Å². The van der Waals surface area contributed by atoms with Crippen LogP contribution in [-0.4, -0.2) is 37.1 Å². The highest BCUT2D eigenvalue weighted by Crippen LogP contribution is 2.55. The van der Waals surface area contributed by atoms with Gasteiger partial charge in [0, 0.05) is 46.2 Å². The molecule has 0 amide bonds. The molecular weight excluding hydrogens is 777 g/mol. The van der Waals surface area contributed by atoms with E-state index in [2.05, 4.69) is 122 Å². The van der Waals surface area contributed by atoms with Gasteiger partial charge in [0.25, 0.3) is 0 Å². The van der Waals surface area contributed by atoms with Gasteiger partial charge < -0.3 is 18.9 Å². The minimum Gasteiger partial charge on any atom is -0.459 e. The van der Waals surface area contributed by atoms with Crippen molar-refractivity contribution in [1.29, 1.82) is 0 Å². The second kappa shape index (κ2) is 16.8. The fourth-order valence-corrected chi connectivity index (χ4v) is 8.25. The van der Waals surface area contributed by atoms with Crippen molar-refractivity contribution in [3.63, 3.8) is 0 Å². The molecule has 8 heteroatoms. The summed E-state index contributed by atoms with van der Waals surface area (Å²) in [6.07, 6.45) is 4.56. The molecular formula is C54H64O8. The molecule has 0 aliphatic carbocycles. The maximum absolute atomic E-state index is 14.3. The van der Waals surface area contributed by atoms with Crippen molar-refractivity contribution in [1.82, 2.24) is 0 Å². The van der Waals surface area contributed by atoms with Gasteiger partial charge in [0.15, 0.2) is 0 Å². The Hall–Kier alpha value is -5.76. The van der Waals surface area contributed by atoms with Crippen LogP contribution in [0.15, 0.2) is 116 Å². The number of benzene rings is 3. The molecule has 8 nitrogen and oxygen atoms in total. The summed E-state index contributed by atoms with van der Waals surface area (Å²) >= 11 is 0. The minimum absolute atomic E-state index is 0.00767. The predicted octanol–water partition coefficient (Wildman–Crippen LogP) is 11.2. The molecule has 62 heavy (non-hydrogen) atoms. The van der Waals surface area contributed by atoms with Crippen molar-refractivity contribution in [2.45, 2.75) is 128 Å². The first-order valence-electron chi connectivity index (χ1n) is 21.2. The summed E-state index contributed by atoms with van der Waals surface area (Å²) in [6.45, 7) is 40.5. The first kappa shape index (κ1) is 47.3. The van der Waals surface area contributed by atoms with Gasteiger partial charge in [0.1, 0.15) is 35.5 Å². The Kier molecular flexibility index (Phi) is 12.8. The molecule has 2 atom stereocenters. The van der Waals surface area contributed by atoms with E-state index in [9.17, 15) is 19.2 Å². The number of ether oxygens (including phenoxy) is 4. The molecule has 2 heterocycles. The fraction of sp³-hybridized carbons (Fsp3) is 0.407. The summed E-state index contributed by atoms with van der Waals surface area (Å²) in [7, 11) is 0. The van der Waals surface area contributed by atoms with Crippen molar-refractivity contribution >= 4 is 23.9 Å². The van der Waals surface area contributed by atoms with Crippen LogP contribution in [0.25, 0.3) is 0 Å². The lowest BCUT2D eigenvalue weighted by molar-refractivity contribution is -0.148. The molecule has 0 aromatic heterocycles. The van der Waals surface area contributed by atoms with Crippen LogP contribution in [0.4, 0.5) is 0 Å². The number of carbonyl (C=O) groups is 4. The standard InChI is InChI=1S/C54H64O8/c1-17-22-35(18-2)53(41-29-37(49(5,6)7)27-39(51(11,12)13)43(41)61-47(53)57)31-33(3)45(55)59-25-26-60-46(56)34(4)32-54(36-23-20-19-21-24-36)42-30-38(50(8,9)10)28-40(52(14,15)16)44(42)62-48(54)58/h17-24,27-30H,1-4,25-26,31-32H2,5-16H3/b35-22+. The van der Waals surface area contributed by atoms with Crippen LogP contribution in [0.1, 0.15) is 135 Å². The van der Waals surface area contributed by atoms with Gasteiger partial charge in [-0.2, -0.15) is 0 Å². The number of hydrogen-bond donors (Lipinski definition) is 0. The van der Waals surface area contributed by atoms with Crippen LogP contribution in [0.2, 0.25) is 0 Å². The Morgan fingerprint density at radius 3 is 1.53 bits per heavy atom.